The Morgan fingerprint density at radius 2 is 2.11 bits per heavy atom. The summed E-state index contributed by atoms with van der Waals surface area (Å²) in [7, 11) is 0. The van der Waals surface area contributed by atoms with Crippen LogP contribution in [0.2, 0.25) is 0 Å². The maximum atomic E-state index is 12.0. The summed E-state index contributed by atoms with van der Waals surface area (Å²) in [5.74, 6) is 6.06. The largest absolute Gasteiger partial charge is 0.395 e. The number of carbonyl (C=O) groups is 1. The van der Waals surface area contributed by atoms with Gasteiger partial charge in [0, 0.05) is 18.5 Å². The first-order chi connectivity index (χ1) is 8.65. The molecular weight excluding hydrogens is 226 g/mol. The first-order valence-electron chi connectivity index (χ1n) is 6.12. The number of benzene rings is 1. The lowest BCUT2D eigenvalue weighted by Crippen LogP contribution is -2.27. The molecule has 0 bridgehead atoms. The number of hydrogen-bond acceptors (Lipinski definition) is 2. The van der Waals surface area contributed by atoms with Gasteiger partial charge in [0.1, 0.15) is 0 Å². The maximum absolute atomic E-state index is 12.0. The van der Waals surface area contributed by atoms with Gasteiger partial charge in [0.05, 0.1) is 12.2 Å². The van der Waals surface area contributed by atoms with Crippen LogP contribution in [0, 0.1) is 17.8 Å². The van der Waals surface area contributed by atoms with E-state index in [-0.39, 0.29) is 12.5 Å². The predicted molar refractivity (Wildman–Crippen MR) is 72.2 cm³/mol. The van der Waals surface area contributed by atoms with Gasteiger partial charge in [0.25, 0.3) is 5.91 Å². The van der Waals surface area contributed by atoms with Crippen molar-refractivity contribution in [3.05, 3.63) is 35.4 Å². The number of rotatable bonds is 4. The van der Waals surface area contributed by atoms with Crippen molar-refractivity contribution in [2.24, 2.45) is 5.92 Å². The van der Waals surface area contributed by atoms with E-state index in [0.29, 0.717) is 30.0 Å². The molecule has 0 fully saturated rings. The average molecular weight is 245 g/mol. The van der Waals surface area contributed by atoms with Crippen LogP contribution in [0.5, 0.6) is 0 Å². The molecule has 0 aliphatic heterocycles. The van der Waals surface area contributed by atoms with E-state index in [1.165, 1.54) is 0 Å². The Morgan fingerprint density at radius 3 is 2.78 bits per heavy atom. The van der Waals surface area contributed by atoms with E-state index >= 15 is 0 Å². The van der Waals surface area contributed by atoms with Crippen LogP contribution in [0.3, 0.4) is 0 Å². The summed E-state index contributed by atoms with van der Waals surface area (Å²) in [6.07, 6.45) is 0.419. The highest BCUT2D eigenvalue weighted by atomic mass is 16.2. The second-order valence-electron chi connectivity index (χ2n) is 4.42. The molecule has 0 aliphatic carbocycles. The number of aliphatic hydroxyl groups is 1. The molecule has 2 N–H and O–H groups in total. The normalized spacial score (nSPS) is 9.78. The molecule has 18 heavy (non-hydrogen) atoms. The molecule has 0 spiro atoms. The van der Waals surface area contributed by atoms with Crippen LogP contribution in [0.1, 0.15) is 36.2 Å². The summed E-state index contributed by atoms with van der Waals surface area (Å²) in [6.45, 7) is 4.78. The molecule has 0 aromatic heterocycles. The number of hydrogen-bond donors (Lipinski definition) is 2. The summed E-state index contributed by atoms with van der Waals surface area (Å²) in [5.41, 5.74) is 1.29. The quantitative estimate of drug-likeness (QED) is 0.795. The summed E-state index contributed by atoms with van der Waals surface area (Å²) < 4.78 is 0. The van der Waals surface area contributed by atoms with Crippen molar-refractivity contribution in [2.45, 2.75) is 20.3 Å². The molecular formula is C15H19NO2. The van der Waals surface area contributed by atoms with E-state index in [4.69, 9.17) is 5.11 Å². The van der Waals surface area contributed by atoms with Gasteiger partial charge in [-0.25, -0.2) is 0 Å². The zero-order valence-electron chi connectivity index (χ0n) is 10.9. The lowest BCUT2D eigenvalue weighted by molar-refractivity contribution is 0.0949. The zero-order valence-corrected chi connectivity index (χ0v) is 10.9. The summed E-state index contributed by atoms with van der Waals surface area (Å²) >= 11 is 0. The van der Waals surface area contributed by atoms with Crippen molar-refractivity contribution in [3.63, 3.8) is 0 Å². The Hall–Kier alpha value is -1.79. The molecule has 1 rings (SSSR count). The minimum Gasteiger partial charge on any atom is -0.395 e. The smallest absolute Gasteiger partial charge is 0.252 e. The highest BCUT2D eigenvalue weighted by Crippen LogP contribution is 2.07. The van der Waals surface area contributed by atoms with Crippen LogP contribution in [-0.4, -0.2) is 24.2 Å². The number of amides is 1. The summed E-state index contributed by atoms with van der Waals surface area (Å²) in [4.78, 5) is 12.0. The van der Waals surface area contributed by atoms with E-state index < -0.39 is 0 Å². The SMILES string of the molecule is CC(C)CNC(=O)c1ccccc1C#CCCO. The van der Waals surface area contributed by atoms with Crippen LogP contribution in [-0.2, 0) is 0 Å². The third kappa shape index (κ3) is 4.60. The van der Waals surface area contributed by atoms with Gasteiger partial charge in [-0.1, -0.05) is 37.8 Å². The Bertz CT molecular complexity index is 455. The van der Waals surface area contributed by atoms with Crippen molar-refractivity contribution < 1.29 is 9.90 Å². The second kappa shape index (κ2) is 7.52. The Kier molecular flexibility index (Phi) is 5.96. The first kappa shape index (κ1) is 14.3. The summed E-state index contributed by atoms with van der Waals surface area (Å²) in [6, 6.07) is 7.25. The third-order valence-corrected chi connectivity index (χ3v) is 2.30. The Labute approximate surface area is 108 Å². The van der Waals surface area contributed by atoms with Crippen molar-refractivity contribution in [1.29, 1.82) is 0 Å². The van der Waals surface area contributed by atoms with Crippen LogP contribution in [0.15, 0.2) is 24.3 Å². The van der Waals surface area contributed by atoms with Gasteiger partial charge in [0.15, 0.2) is 0 Å². The fourth-order valence-corrected chi connectivity index (χ4v) is 1.40. The van der Waals surface area contributed by atoms with Gasteiger partial charge < -0.3 is 10.4 Å². The van der Waals surface area contributed by atoms with E-state index in [1.807, 2.05) is 32.0 Å². The average Bonchev–Trinajstić information content (AvgIpc) is 2.37. The molecule has 0 atom stereocenters. The minimum absolute atomic E-state index is 0.0364. The van der Waals surface area contributed by atoms with Crippen LogP contribution < -0.4 is 5.32 Å². The highest BCUT2D eigenvalue weighted by molar-refractivity contribution is 5.96. The van der Waals surface area contributed by atoms with E-state index in [2.05, 4.69) is 17.2 Å². The number of nitrogens with one attached hydrogen (secondary N) is 1. The van der Waals surface area contributed by atoms with Crippen molar-refractivity contribution in [3.8, 4) is 11.8 Å². The van der Waals surface area contributed by atoms with Crippen LogP contribution >= 0.6 is 0 Å². The molecule has 0 saturated heterocycles. The molecule has 0 unspecified atom stereocenters. The summed E-state index contributed by atoms with van der Waals surface area (Å²) in [5, 5.41) is 11.6. The van der Waals surface area contributed by atoms with Crippen LogP contribution in [0.4, 0.5) is 0 Å². The zero-order chi connectivity index (χ0) is 13.4. The van der Waals surface area contributed by atoms with Gasteiger partial charge in [-0.15, -0.1) is 0 Å². The second-order valence-corrected chi connectivity index (χ2v) is 4.42. The van der Waals surface area contributed by atoms with E-state index in [9.17, 15) is 4.79 Å². The molecule has 0 aliphatic rings. The molecule has 0 radical (unpaired) electrons. The molecule has 96 valence electrons. The predicted octanol–water partition coefficient (Wildman–Crippen LogP) is 1.81. The minimum atomic E-state index is -0.0994. The molecule has 0 heterocycles. The lowest BCUT2D eigenvalue weighted by atomic mass is 10.1. The van der Waals surface area contributed by atoms with Crippen molar-refractivity contribution in [1.82, 2.24) is 5.32 Å². The fourth-order valence-electron chi connectivity index (χ4n) is 1.40. The lowest BCUT2D eigenvalue weighted by Gasteiger charge is -2.08. The van der Waals surface area contributed by atoms with Gasteiger partial charge in [-0.2, -0.15) is 0 Å². The van der Waals surface area contributed by atoms with E-state index in [1.54, 1.807) is 6.07 Å². The fraction of sp³-hybridized carbons (Fsp3) is 0.400. The van der Waals surface area contributed by atoms with Gasteiger partial charge >= 0.3 is 0 Å². The third-order valence-electron chi connectivity index (χ3n) is 2.30. The molecule has 3 nitrogen and oxygen atoms in total. The monoisotopic (exact) mass is 245 g/mol. The number of carbonyl (C=O) groups excluding carboxylic acids is 1. The van der Waals surface area contributed by atoms with Crippen molar-refractivity contribution in [2.75, 3.05) is 13.2 Å². The molecule has 3 heteroatoms. The Balaban J connectivity index is 2.82. The topological polar surface area (TPSA) is 49.3 Å². The molecule has 0 saturated carbocycles. The number of aliphatic hydroxyl groups excluding tert-OH is 1. The Morgan fingerprint density at radius 1 is 1.39 bits per heavy atom. The highest BCUT2D eigenvalue weighted by Gasteiger charge is 2.09. The standard InChI is InChI=1S/C15H19NO2/c1-12(2)11-16-15(18)14-9-4-3-7-13(14)8-5-6-10-17/h3-4,7,9,12,17H,6,10-11H2,1-2H3,(H,16,18). The van der Waals surface area contributed by atoms with Gasteiger partial charge in [-0.3, -0.25) is 4.79 Å². The van der Waals surface area contributed by atoms with Crippen molar-refractivity contribution >= 4 is 5.91 Å². The first-order valence-corrected chi connectivity index (χ1v) is 6.12. The van der Waals surface area contributed by atoms with Crippen LogP contribution in [0.25, 0.3) is 0 Å². The molecule has 1 amide bonds. The van der Waals surface area contributed by atoms with Gasteiger partial charge in [0.2, 0.25) is 0 Å². The van der Waals surface area contributed by atoms with Gasteiger partial charge in [-0.05, 0) is 18.1 Å². The molecule has 1 aromatic rings. The maximum Gasteiger partial charge on any atom is 0.252 e. The van der Waals surface area contributed by atoms with E-state index in [0.717, 1.165) is 0 Å². The molecule has 1 aromatic carbocycles.